The first-order valence-electron chi connectivity index (χ1n) is 7.57. The number of halogens is 1. The average Bonchev–Trinajstić information content (AvgIpc) is 2.60. The monoisotopic (exact) mass is 344 g/mol. The lowest BCUT2D eigenvalue weighted by atomic mass is 10.0. The molecule has 1 atom stereocenters. The van der Waals surface area contributed by atoms with Crippen LogP contribution in [-0.2, 0) is 9.53 Å². The zero-order valence-electron chi connectivity index (χ0n) is 13.3. The maximum Gasteiger partial charge on any atom is 0.246 e. The van der Waals surface area contributed by atoms with Gasteiger partial charge in [-0.1, -0.05) is 18.2 Å². The highest BCUT2D eigenvalue weighted by Gasteiger charge is 2.28. The zero-order chi connectivity index (χ0) is 17.1. The van der Waals surface area contributed by atoms with Crippen molar-refractivity contribution < 1.29 is 9.53 Å². The van der Waals surface area contributed by atoms with Crippen molar-refractivity contribution >= 4 is 17.5 Å². The van der Waals surface area contributed by atoms with E-state index >= 15 is 0 Å². The van der Waals surface area contributed by atoms with Crippen LogP contribution in [0.2, 0.25) is 5.15 Å². The molecule has 1 fully saturated rings. The molecule has 2 aromatic heterocycles. The molecule has 1 amide bonds. The van der Waals surface area contributed by atoms with Crippen LogP contribution < -0.4 is 0 Å². The summed E-state index contributed by atoms with van der Waals surface area (Å²) in [6.07, 6.45) is 2.99. The number of amides is 1. The van der Waals surface area contributed by atoms with Gasteiger partial charge in [0.1, 0.15) is 11.0 Å². The van der Waals surface area contributed by atoms with E-state index < -0.39 is 0 Å². The summed E-state index contributed by atoms with van der Waals surface area (Å²) in [5.41, 5.74) is 2.18. The van der Waals surface area contributed by atoms with Crippen molar-refractivity contribution in [2.24, 2.45) is 0 Å². The van der Waals surface area contributed by atoms with Gasteiger partial charge >= 0.3 is 0 Å². The van der Waals surface area contributed by atoms with E-state index in [1.54, 1.807) is 23.2 Å². The summed E-state index contributed by atoms with van der Waals surface area (Å²) in [5, 5.41) is 0.343. The van der Waals surface area contributed by atoms with Gasteiger partial charge in [0.2, 0.25) is 5.91 Å². The number of carbonyl (C=O) groups excluding carboxylic acids is 1. The summed E-state index contributed by atoms with van der Waals surface area (Å²) < 4.78 is 5.55. The lowest BCUT2D eigenvalue weighted by Crippen LogP contribution is -2.42. The normalized spacial score (nSPS) is 17.6. The minimum atomic E-state index is -0.230. The highest BCUT2D eigenvalue weighted by molar-refractivity contribution is 6.29. The van der Waals surface area contributed by atoms with Crippen molar-refractivity contribution in [2.45, 2.75) is 13.0 Å². The summed E-state index contributed by atoms with van der Waals surface area (Å²) in [4.78, 5) is 26.7. The van der Waals surface area contributed by atoms with Crippen LogP contribution in [0.1, 0.15) is 17.4 Å². The molecule has 0 N–H and O–H groups in total. The van der Waals surface area contributed by atoms with E-state index in [0.717, 1.165) is 5.56 Å². The maximum absolute atomic E-state index is 12.1. The van der Waals surface area contributed by atoms with Crippen molar-refractivity contribution in [1.29, 1.82) is 0 Å². The van der Waals surface area contributed by atoms with Crippen LogP contribution in [0.5, 0.6) is 0 Å². The van der Waals surface area contributed by atoms with E-state index in [1.807, 2.05) is 13.0 Å². The third kappa shape index (κ3) is 3.44. The van der Waals surface area contributed by atoms with Gasteiger partial charge in [0.15, 0.2) is 0 Å². The fourth-order valence-electron chi connectivity index (χ4n) is 2.70. The predicted octanol–water partition coefficient (Wildman–Crippen LogP) is 2.59. The van der Waals surface area contributed by atoms with Crippen LogP contribution in [-0.4, -0.2) is 45.5 Å². The molecule has 3 heterocycles. The molecule has 0 aromatic carbocycles. The molecule has 1 unspecified atom stereocenters. The van der Waals surface area contributed by atoms with Gasteiger partial charge in [-0.15, -0.1) is 0 Å². The number of hydrogen-bond acceptors (Lipinski definition) is 5. The van der Waals surface area contributed by atoms with Gasteiger partial charge in [-0.3, -0.25) is 4.79 Å². The lowest BCUT2D eigenvalue weighted by Gasteiger charge is -2.35. The minimum Gasteiger partial charge on any atom is -0.377 e. The van der Waals surface area contributed by atoms with E-state index in [4.69, 9.17) is 16.3 Å². The molecule has 2 aromatic rings. The Morgan fingerprint density at radius 3 is 3.00 bits per heavy atom. The number of rotatable bonds is 3. The molecule has 1 saturated heterocycles. The summed E-state index contributed by atoms with van der Waals surface area (Å²) in [5.74, 6) is 0.524. The van der Waals surface area contributed by atoms with E-state index in [0.29, 0.717) is 42.1 Å². The predicted molar refractivity (Wildman–Crippen MR) is 90.5 cm³/mol. The minimum absolute atomic E-state index is 0.129. The highest BCUT2D eigenvalue weighted by Crippen LogP contribution is 2.29. The summed E-state index contributed by atoms with van der Waals surface area (Å²) in [6.45, 7) is 6.81. The van der Waals surface area contributed by atoms with Crippen molar-refractivity contribution in [3.63, 3.8) is 0 Å². The number of carbonyl (C=O) groups is 1. The van der Waals surface area contributed by atoms with Crippen LogP contribution in [0.15, 0.2) is 37.1 Å². The quantitative estimate of drug-likeness (QED) is 0.632. The molecule has 1 aliphatic heterocycles. The standard InChI is InChI=1S/C17H17ClN4O2/c1-3-17(23)22-6-7-24-10-15(22)12-8-14(21-16(18)9-12)13-4-5-19-11(2)20-13/h3-5,8-9,15H,1,6-7,10H2,2H3. The number of aryl methyl sites for hydroxylation is 1. The van der Waals surface area contributed by atoms with Gasteiger partial charge in [-0.25, -0.2) is 15.0 Å². The number of morpholine rings is 1. The molecular weight excluding hydrogens is 328 g/mol. The van der Waals surface area contributed by atoms with Crippen LogP contribution in [0.3, 0.4) is 0 Å². The maximum atomic E-state index is 12.1. The Bertz CT molecular complexity index is 781. The van der Waals surface area contributed by atoms with E-state index in [-0.39, 0.29) is 11.9 Å². The van der Waals surface area contributed by atoms with E-state index in [2.05, 4.69) is 21.5 Å². The third-order valence-corrected chi connectivity index (χ3v) is 4.02. The number of nitrogens with zero attached hydrogens (tertiary/aromatic N) is 4. The first-order chi connectivity index (χ1) is 11.6. The summed E-state index contributed by atoms with van der Waals surface area (Å²) >= 11 is 6.20. The Hall–Kier alpha value is -2.31. The Labute approximate surface area is 145 Å². The van der Waals surface area contributed by atoms with Gasteiger partial charge in [0.25, 0.3) is 0 Å². The fraction of sp³-hybridized carbons (Fsp3) is 0.294. The first kappa shape index (κ1) is 16.5. The molecule has 24 heavy (non-hydrogen) atoms. The zero-order valence-corrected chi connectivity index (χ0v) is 14.0. The molecule has 0 bridgehead atoms. The van der Waals surface area contributed by atoms with Gasteiger partial charge in [0.05, 0.1) is 30.6 Å². The molecule has 0 aliphatic carbocycles. The van der Waals surface area contributed by atoms with Crippen molar-refractivity contribution in [2.75, 3.05) is 19.8 Å². The Kier molecular flexibility index (Phi) is 4.87. The second-order valence-corrected chi connectivity index (χ2v) is 5.81. The Morgan fingerprint density at radius 1 is 1.42 bits per heavy atom. The molecular formula is C17H17ClN4O2. The largest absolute Gasteiger partial charge is 0.377 e. The topological polar surface area (TPSA) is 68.2 Å². The molecule has 7 heteroatoms. The van der Waals surface area contributed by atoms with Crippen LogP contribution in [0.25, 0.3) is 11.4 Å². The SMILES string of the molecule is C=CC(=O)N1CCOCC1c1cc(Cl)nc(-c2ccnc(C)n2)c1. The molecule has 6 nitrogen and oxygen atoms in total. The third-order valence-electron chi connectivity index (χ3n) is 3.83. The number of hydrogen-bond donors (Lipinski definition) is 0. The fourth-order valence-corrected chi connectivity index (χ4v) is 2.92. The van der Waals surface area contributed by atoms with E-state index in [9.17, 15) is 4.79 Å². The van der Waals surface area contributed by atoms with Crippen LogP contribution in [0, 0.1) is 6.92 Å². The lowest BCUT2D eigenvalue weighted by molar-refractivity contribution is -0.134. The number of aromatic nitrogens is 3. The van der Waals surface area contributed by atoms with Gasteiger partial charge in [-0.2, -0.15) is 0 Å². The Balaban J connectivity index is 2.01. The van der Waals surface area contributed by atoms with E-state index in [1.165, 1.54) is 6.08 Å². The van der Waals surface area contributed by atoms with Crippen molar-refractivity contribution in [1.82, 2.24) is 19.9 Å². The van der Waals surface area contributed by atoms with Crippen molar-refractivity contribution in [3.8, 4) is 11.4 Å². The van der Waals surface area contributed by atoms with Gasteiger partial charge in [-0.05, 0) is 36.8 Å². The second kappa shape index (κ2) is 7.07. The number of pyridine rings is 1. The number of ether oxygens (including phenoxy) is 1. The second-order valence-electron chi connectivity index (χ2n) is 5.42. The average molecular weight is 345 g/mol. The Morgan fingerprint density at radius 2 is 2.25 bits per heavy atom. The molecule has 1 aliphatic rings. The van der Waals surface area contributed by atoms with Crippen LogP contribution >= 0.6 is 11.6 Å². The molecule has 0 saturated carbocycles. The summed E-state index contributed by atoms with van der Waals surface area (Å²) in [6, 6.07) is 5.18. The summed E-state index contributed by atoms with van der Waals surface area (Å²) in [7, 11) is 0. The molecule has 3 rings (SSSR count). The molecule has 124 valence electrons. The first-order valence-corrected chi connectivity index (χ1v) is 7.94. The highest BCUT2D eigenvalue weighted by atomic mass is 35.5. The van der Waals surface area contributed by atoms with Gasteiger partial charge < -0.3 is 9.64 Å². The van der Waals surface area contributed by atoms with Crippen LogP contribution in [0.4, 0.5) is 0 Å². The molecule has 0 spiro atoms. The molecule has 0 radical (unpaired) electrons. The van der Waals surface area contributed by atoms with Crippen molar-refractivity contribution in [3.05, 3.63) is 53.6 Å². The smallest absolute Gasteiger partial charge is 0.246 e. The van der Waals surface area contributed by atoms with Gasteiger partial charge in [0, 0.05) is 12.7 Å².